The Balaban J connectivity index is 2.09. The minimum Gasteiger partial charge on any atom is -0.348 e. The highest BCUT2D eigenvalue weighted by atomic mass is 32.2. The first-order valence-corrected chi connectivity index (χ1v) is 7.16. The van der Waals surface area contributed by atoms with Crippen molar-refractivity contribution in [2.75, 3.05) is 11.5 Å². The molecule has 1 heterocycles. The number of carbonyl (C=O) groups excluding carboxylic acids is 1. The summed E-state index contributed by atoms with van der Waals surface area (Å²) in [4.78, 5) is 11.7. The van der Waals surface area contributed by atoms with Crippen LogP contribution >= 0.6 is 0 Å². The second-order valence-electron chi connectivity index (χ2n) is 4.20. The van der Waals surface area contributed by atoms with Crippen molar-refractivity contribution in [3.8, 4) is 0 Å². The van der Waals surface area contributed by atoms with Gasteiger partial charge in [-0.25, -0.2) is 17.2 Å². The summed E-state index contributed by atoms with van der Waals surface area (Å²) in [6.07, 6.45) is 0.316. The molecule has 2 rings (SSSR count). The smallest absolute Gasteiger partial charge is 0.254 e. The van der Waals surface area contributed by atoms with Gasteiger partial charge in [0.05, 0.1) is 17.1 Å². The predicted molar refractivity (Wildman–Crippen MR) is 60.9 cm³/mol. The number of rotatable bonds is 2. The summed E-state index contributed by atoms with van der Waals surface area (Å²) in [6.45, 7) is 0. The van der Waals surface area contributed by atoms with Gasteiger partial charge in [0, 0.05) is 12.1 Å². The summed E-state index contributed by atoms with van der Waals surface area (Å²) in [5.74, 6) is -2.58. The molecule has 1 aromatic carbocycles. The van der Waals surface area contributed by atoms with E-state index in [1.54, 1.807) is 0 Å². The third kappa shape index (κ3) is 2.84. The van der Waals surface area contributed by atoms with Gasteiger partial charge >= 0.3 is 0 Å². The molecule has 98 valence electrons. The Morgan fingerprint density at radius 2 is 2.06 bits per heavy atom. The molecular weight excluding hydrogens is 264 g/mol. The fourth-order valence-corrected chi connectivity index (χ4v) is 3.52. The largest absolute Gasteiger partial charge is 0.348 e. The van der Waals surface area contributed by atoms with Crippen LogP contribution in [0, 0.1) is 11.6 Å². The Hall–Kier alpha value is -1.50. The molecule has 1 fully saturated rings. The van der Waals surface area contributed by atoms with E-state index in [1.165, 1.54) is 0 Å². The van der Waals surface area contributed by atoms with Crippen molar-refractivity contribution >= 4 is 15.7 Å². The van der Waals surface area contributed by atoms with E-state index in [0.29, 0.717) is 12.5 Å². The van der Waals surface area contributed by atoms with E-state index in [4.69, 9.17) is 0 Å². The zero-order chi connectivity index (χ0) is 13.3. The number of halogens is 2. The van der Waals surface area contributed by atoms with Crippen LogP contribution in [0.2, 0.25) is 0 Å². The molecule has 1 aromatic rings. The number of hydrogen-bond acceptors (Lipinski definition) is 3. The van der Waals surface area contributed by atoms with Crippen molar-refractivity contribution in [1.29, 1.82) is 0 Å². The minimum atomic E-state index is -3.11. The number of hydrogen-bond donors (Lipinski definition) is 1. The molecule has 18 heavy (non-hydrogen) atoms. The van der Waals surface area contributed by atoms with E-state index in [-0.39, 0.29) is 17.1 Å². The highest BCUT2D eigenvalue weighted by Crippen LogP contribution is 2.14. The lowest BCUT2D eigenvalue weighted by atomic mass is 10.1. The lowest BCUT2D eigenvalue weighted by Gasteiger charge is -2.11. The molecule has 1 aliphatic heterocycles. The van der Waals surface area contributed by atoms with Gasteiger partial charge in [0.1, 0.15) is 11.6 Å². The molecule has 1 atom stereocenters. The quantitative estimate of drug-likeness (QED) is 0.871. The molecule has 1 unspecified atom stereocenters. The van der Waals surface area contributed by atoms with Crippen molar-refractivity contribution in [3.63, 3.8) is 0 Å². The molecule has 7 heteroatoms. The van der Waals surface area contributed by atoms with E-state index in [9.17, 15) is 22.0 Å². The van der Waals surface area contributed by atoms with Crippen LogP contribution in [0.25, 0.3) is 0 Å². The molecule has 0 bridgehead atoms. The van der Waals surface area contributed by atoms with Crippen LogP contribution in [-0.4, -0.2) is 31.9 Å². The van der Waals surface area contributed by atoms with Crippen LogP contribution < -0.4 is 5.32 Å². The Morgan fingerprint density at radius 3 is 2.61 bits per heavy atom. The first-order chi connectivity index (χ1) is 8.37. The molecule has 1 saturated heterocycles. The summed E-state index contributed by atoms with van der Waals surface area (Å²) in [5.41, 5.74) is -0.291. The Morgan fingerprint density at radius 1 is 1.33 bits per heavy atom. The minimum absolute atomic E-state index is 0.0177. The Kier molecular flexibility index (Phi) is 3.34. The van der Waals surface area contributed by atoms with Crippen molar-refractivity contribution in [2.24, 2.45) is 0 Å². The third-order valence-electron chi connectivity index (χ3n) is 2.74. The zero-order valence-corrected chi connectivity index (χ0v) is 10.1. The normalized spacial score (nSPS) is 21.8. The van der Waals surface area contributed by atoms with Gasteiger partial charge in [-0.2, -0.15) is 0 Å². The van der Waals surface area contributed by atoms with Crippen LogP contribution in [0.3, 0.4) is 0 Å². The van der Waals surface area contributed by atoms with E-state index in [0.717, 1.165) is 12.1 Å². The predicted octanol–water partition coefficient (Wildman–Crippen LogP) is 0.882. The van der Waals surface area contributed by atoms with Gasteiger partial charge in [0.2, 0.25) is 0 Å². The molecule has 4 nitrogen and oxygen atoms in total. The molecule has 0 aliphatic carbocycles. The number of benzene rings is 1. The lowest BCUT2D eigenvalue weighted by Crippen LogP contribution is -2.36. The lowest BCUT2D eigenvalue weighted by molar-refractivity contribution is 0.0937. The monoisotopic (exact) mass is 275 g/mol. The average molecular weight is 275 g/mol. The maximum atomic E-state index is 13.3. The standard InChI is InChI=1S/C11H11F2NO3S/c12-7-1-2-9(10(13)5-7)11(15)14-8-3-4-18(16,17)6-8/h1-2,5,8H,3-4,6H2,(H,14,15). The number of carbonyl (C=O) groups is 1. The molecule has 0 spiro atoms. The molecule has 1 amide bonds. The zero-order valence-electron chi connectivity index (χ0n) is 9.32. The second-order valence-corrected chi connectivity index (χ2v) is 6.43. The fourth-order valence-electron chi connectivity index (χ4n) is 1.85. The molecule has 0 aromatic heterocycles. The third-order valence-corrected chi connectivity index (χ3v) is 4.51. The molecule has 0 radical (unpaired) electrons. The topological polar surface area (TPSA) is 63.2 Å². The van der Waals surface area contributed by atoms with E-state index >= 15 is 0 Å². The van der Waals surface area contributed by atoms with Gasteiger partial charge in [-0.3, -0.25) is 4.79 Å². The van der Waals surface area contributed by atoms with Crippen molar-refractivity contribution < 1.29 is 22.0 Å². The highest BCUT2D eigenvalue weighted by Gasteiger charge is 2.29. The van der Waals surface area contributed by atoms with Gasteiger partial charge in [0.15, 0.2) is 9.84 Å². The summed E-state index contributed by atoms with van der Waals surface area (Å²) < 4.78 is 48.4. The van der Waals surface area contributed by atoms with Crippen molar-refractivity contribution in [3.05, 3.63) is 35.4 Å². The maximum Gasteiger partial charge on any atom is 0.254 e. The fraction of sp³-hybridized carbons (Fsp3) is 0.364. The molecule has 1 N–H and O–H groups in total. The summed E-state index contributed by atoms with van der Waals surface area (Å²) in [7, 11) is -3.11. The summed E-state index contributed by atoms with van der Waals surface area (Å²) >= 11 is 0. The summed E-state index contributed by atoms with van der Waals surface area (Å²) in [6, 6.07) is 2.11. The van der Waals surface area contributed by atoms with Gasteiger partial charge < -0.3 is 5.32 Å². The second kappa shape index (κ2) is 4.64. The van der Waals surface area contributed by atoms with Crippen LogP contribution in [0.15, 0.2) is 18.2 Å². The van der Waals surface area contributed by atoms with Crippen LogP contribution in [0.1, 0.15) is 16.8 Å². The van der Waals surface area contributed by atoms with E-state index < -0.39 is 33.4 Å². The Labute approximate surface area is 103 Å². The molecule has 1 aliphatic rings. The number of amides is 1. The first-order valence-electron chi connectivity index (χ1n) is 5.34. The van der Waals surface area contributed by atoms with E-state index in [2.05, 4.69) is 5.32 Å². The Bertz CT molecular complexity index is 586. The maximum absolute atomic E-state index is 13.3. The van der Waals surface area contributed by atoms with Gasteiger partial charge in [0.25, 0.3) is 5.91 Å². The number of nitrogens with one attached hydrogen (secondary N) is 1. The van der Waals surface area contributed by atoms with Gasteiger partial charge in [-0.15, -0.1) is 0 Å². The van der Waals surface area contributed by atoms with Crippen LogP contribution in [0.4, 0.5) is 8.78 Å². The van der Waals surface area contributed by atoms with Crippen molar-refractivity contribution in [2.45, 2.75) is 12.5 Å². The summed E-state index contributed by atoms with van der Waals surface area (Å²) in [5, 5.41) is 2.43. The van der Waals surface area contributed by atoms with Crippen LogP contribution in [0.5, 0.6) is 0 Å². The molecular formula is C11H11F2NO3S. The van der Waals surface area contributed by atoms with E-state index in [1.807, 2.05) is 0 Å². The SMILES string of the molecule is O=C(NC1CCS(=O)(=O)C1)c1ccc(F)cc1F. The average Bonchev–Trinajstić information content (AvgIpc) is 2.57. The van der Waals surface area contributed by atoms with Crippen molar-refractivity contribution in [1.82, 2.24) is 5.32 Å². The number of sulfone groups is 1. The van der Waals surface area contributed by atoms with Crippen LogP contribution in [-0.2, 0) is 9.84 Å². The highest BCUT2D eigenvalue weighted by molar-refractivity contribution is 7.91. The molecule has 0 saturated carbocycles. The first kappa shape index (κ1) is 12.9. The van der Waals surface area contributed by atoms with Gasteiger partial charge in [-0.05, 0) is 18.6 Å². The van der Waals surface area contributed by atoms with Gasteiger partial charge in [-0.1, -0.05) is 0 Å².